The van der Waals surface area contributed by atoms with E-state index in [4.69, 9.17) is 0 Å². The number of carbonyl (C=O) groups is 1. The third-order valence-electron chi connectivity index (χ3n) is 2.95. The van der Waals surface area contributed by atoms with E-state index in [1.807, 2.05) is 0 Å². The Morgan fingerprint density at radius 1 is 1.23 bits per heavy atom. The van der Waals surface area contributed by atoms with Crippen LogP contribution < -0.4 is 4.80 Å². The van der Waals surface area contributed by atoms with Crippen molar-refractivity contribution in [3.63, 3.8) is 0 Å². The Labute approximate surface area is 127 Å². The Balaban J connectivity index is 2.61. The van der Waals surface area contributed by atoms with Crippen molar-refractivity contribution in [2.45, 2.75) is 6.92 Å². The van der Waals surface area contributed by atoms with Crippen LogP contribution in [0.2, 0.25) is 0 Å². The van der Waals surface area contributed by atoms with Gasteiger partial charge >= 0.3 is 0 Å². The highest BCUT2D eigenvalue weighted by molar-refractivity contribution is 7.07. The summed E-state index contributed by atoms with van der Waals surface area (Å²) >= 11 is 1.20. The smallest absolute Gasteiger partial charge is 0.280 e. The lowest BCUT2D eigenvalue weighted by atomic mass is 10.1. The number of benzene rings is 1. The molecule has 114 valence electrons. The van der Waals surface area contributed by atoms with E-state index in [0.29, 0.717) is 4.80 Å². The molecule has 0 saturated heterocycles. The second-order valence-corrected chi connectivity index (χ2v) is 5.24. The molecule has 0 fully saturated rings. The molecule has 0 N–H and O–H groups in total. The average molecular weight is 322 g/mol. The highest BCUT2D eigenvalue weighted by Gasteiger charge is 2.25. The normalized spacial score (nSPS) is 11.5. The first-order valence-electron chi connectivity index (χ1n) is 5.94. The Kier molecular flexibility index (Phi) is 4.13. The molecule has 0 spiro atoms. The summed E-state index contributed by atoms with van der Waals surface area (Å²) in [5, 5.41) is 23.7. The van der Waals surface area contributed by atoms with Crippen molar-refractivity contribution >= 4 is 28.6 Å². The average Bonchev–Trinajstić information content (AvgIpc) is 2.83. The van der Waals surface area contributed by atoms with Crippen LogP contribution >= 0.6 is 11.3 Å². The second kappa shape index (κ2) is 5.85. The molecule has 10 heteroatoms. The molecule has 1 heterocycles. The van der Waals surface area contributed by atoms with E-state index in [9.17, 15) is 25.0 Å². The maximum atomic E-state index is 12.1. The number of aromatic nitrogens is 1. The number of nitro benzene ring substituents is 2. The van der Waals surface area contributed by atoms with E-state index in [-0.39, 0.29) is 11.1 Å². The summed E-state index contributed by atoms with van der Waals surface area (Å²) in [5.74, 6) is -0.774. The number of carbonyl (C=O) groups excluding carboxylic acids is 1. The molecule has 22 heavy (non-hydrogen) atoms. The highest BCUT2D eigenvalue weighted by Crippen LogP contribution is 2.29. The predicted molar refractivity (Wildman–Crippen MR) is 77.7 cm³/mol. The minimum absolute atomic E-state index is 0.103. The van der Waals surface area contributed by atoms with Gasteiger partial charge in [0.25, 0.3) is 17.3 Å². The summed E-state index contributed by atoms with van der Waals surface area (Å²) in [6.07, 6.45) is 1.69. The highest BCUT2D eigenvalue weighted by atomic mass is 32.1. The van der Waals surface area contributed by atoms with Crippen LogP contribution in [0.3, 0.4) is 0 Å². The van der Waals surface area contributed by atoms with Crippen molar-refractivity contribution in [2.75, 3.05) is 0 Å². The lowest BCUT2D eigenvalue weighted by Crippen LogP contribution is -2.13. The largest absolute Gasteiger partial charge is 0.327 e. The van der Waals surface area contributed by atoms with Gasteiger partial charge in [-0.25, -0.2) is 0 Å². The second-order valence-electron chi connectivity index (χ2n) is 4.37. The maximum Gasteiger partial charge on any atom is 0.280 e. The van der Waals surface area contributed by atoms with Crippen molar-refractivity contribution < 1.29 is 14.6 Å². The summed E-state index contributed by atoms with van der Waals surface area (Å²) in [6, 6.07) is 2.00. The molecule has 1 amide bonds. The van der Waals surface area contributed by atoms with Crippen LogP contribution in [-0.2, 0) is 7.05 Å². The van der Waals surface area contributed by atoms with Gasteiger partial charge in [-0.2, -0.15) is 4.99 Å². The molecule has 9 nitrogen and oxygen atoms in total. The standard InChI is InChI=1S/C12H10N4O5S/c1-7-9(15(18)19)5-8(6-10(7)16(20)21)11(17)13-12-14(2)3-4-22-12/h3-6H,1-2H3. The van der Waals surface area contributed by atoms with Crippen molar-refractivity contribution in [3.8, 4) is 0 Å². The van der Waals surface area contributed by atoms with E-state index < -0.39 is 27.1 Å². The van der Waals surface area contributed by atoms with E-state index in [1.54, 1.807) is 23.2 Å². The minimum atomic E-state index is -0.774. The lowest BCUT2D eigenvalue weighted by Gasteiger charge is -2.02. The number of nitro groups is 2. The van der Waals surface area contributed by atoms with Crippen molar-refractivity contribution in [1.29, 1.82) is 0 Å². The van der Waals surface area contributed by atoms with Crippen LogP contribution in [0.15, 0.2) is 28.7 Å². The van der Waals surface area contributed by atoms with E-state index in [1.165, 1.54) is 18.3 Å². The molecule has 1 aromatic carbocycles. The van der Waals surface area contributed by atoms with Crippen LogP contribution in [0.25, 0.3) is 0 Å². The molecule has 0 radical (unpaired) electrons. The quantitative estimate of drug-likeness (QED) is 0.631. The first-order chi connectivity index (χ1) is 10.3. The Morgan fingerprint density at radius 2 is 1.77 bits per heavy atom. The molecule has 0 bridgehead atoms. The third kappa shape index (κ3) is 2.91. The first kappa shape index (κ1) is 15.5. The molecule has 0 saturated carbocycles. The van der Waals surface area contributed by atoms with Gasteiger partial charge in [-0.15, -0.1) is 11.3 Å². The molecular weight excluding hydrogens is 312 g/mol. The number of rotatable bonds is 3. The Bertz CT molecular complexity index is 816. The van der Waals surface area contributed by atoms with E-state index in [2.05, 4.69) is 4.99 Å². The molecule has 2 rings (SSSR count). The maximum absolute atomic E-state index is 12.1. The van der Waals surface area contributed by atoms with Gasteiger partial charge in [0.15, 0.2) is 4.80 Å². The zero-order valence-corrected chi connectivity index (χ0v) is 12.4. The van der Waals surface area contributed by atoms with Gasteiger partial charge in [0.2, 0.25) is 0 Å². The third-order valence-corrected chi connectivity index (χ3v) is 3.80. The van der Waals surface area contributed by atoms with Gasteiger partial charge in [0.05, 0.1) is 15.4 Å². The summed E-state index contributed by atoms with van der Waals surface area (Å²) in [5.41, 5.74) is -1.27. The summed E-state index contributed by atoms with van der Waals surface area (Å²) in [4.78, 5) is 36.8. The van der Waals surface area contributed by atoms with Gasteiger partial charge in [-0.05, 0) is 6.92 Å². The zero-order valence-electron chi connectivity index (χ0n) is 11.5. The van der Waals surface area contributed by atoms with E-state index in [0.717, 1.165) is 12.1 Å². The van der Waals surface area contributed by atoms with Gasteiger partial charge < -0.3 is 4.57 Å². The molecule has 0 aliphatic rings. The van der Waals surface area contributed by atoms with Crippen LogP contribution in [0.5, 0.6) is 0 Å². The number of hydrogen-bond donors (Lipinski definition) is 0. The fourth-order valence-corrected chi connectivity index (χ4v) is 2.50. The van der Waals surface area contributed by atoms with Gasteiger partial charge in [-0.1, -0.05) is 0 Å². The summed E-state index contributed by atoms with van der Waals surface area (Å²) in [7, 11) is 1.68. The van der Waals surface area contributed by atoms with Crippen molar-refractivity contribution in [3.05, 3.63) is 59.9 Å². The van der Waals surface area contributed by atoms with Crippen LogP contribution in [0.4, 0.5) is 11.4 Å². The Morgan fingerprint density at radius 3 is 2.18 bits per heavy atom. The lowest BCUT2D eigenvalue weighted by molar-refractivity contribution is -0.395. The van der Waals surface area contributed by atoms with Crippen LogP contribution in [-0.4, -0.2) is 20.3 Å². The predicted octanol–water partition coefficient (Wildman–Crippen LogP) is 1.95. The molecule has 1 aromatic heterocycles. The van der Waals surface area contributed by atoms with Gasteiger partial charge in [-0.3, -0.25) is 25.0 Å². The van der Waals surface area contributed by atoms with Crippen molar-refractivity contribution in [2.24, 2.45) is 12.0 Å². The zero-order chi connectivity index (χ0) is 16.4. The number of aryl methyl sites for hydroxylation is 1. The monoisotopic (exact) mass is 322 g/mol. The minimum Gasteiger partial charge on any atom is -0.327 e. The molecule has 2 aromatic rings. The van der Waals surface area contributed by atoms with Crippen LogP contribution in [0, 0.1) is 27.2 Å². The summed E-state index contributed by atoms with van der Waals surface area (Å²) in [6.45, 7) is 1.26. The molecule has 0 aliphatic heterocycles. The van der Waals surface area contributed by atoms with E-state index >= 15 is 0 Å². The van der Waals surface area contributed by atoms with Crippen molar-refractivity contribution in [1.82, 2.24) is 4.57 Å². The molecular formula is C12H10N4O5S. The van der Waals surface area contributed by atoms with Crippen LogP contribution in [0.1, 0.15) is 15.9 Å². The fourth-order valence-electron chi connectivity index (χ4n) is 1.77. The topological polar surface area (TPSA) is 121 Å². The fraction of sp³-hybridized carbons (Fsp3) is 0.167. The molecule has 0 aliphatic carbocycles. The first-order valence-corrected chi connectivity index (χ1v) is 6.82. The SMILES string of the molecule is Cc1c([N+](=O)[O-])cc(C(=O)N=c2sccn2C)cc1[N+](=O)[O-]. The number of hydrogen-bond acceptors (Lipinski definition) is 6. The summed E-state index contributed by atoms with van der Waals surface area (Å²) < 4.78 is 1.60. The number of amides is 1. The molecule has 0 unspecified atom stereocenters. The van der Waals surface area contributed by atoms with Gasteiger partial charge in [0.1, 0.15) is 5.56 Å². The number of thiazole rings is 1. The Hall–Kier alpha value is -2.88. The number of nitrogens with zero attached hydrogens (tertiary/aromatic N) is 4. The molecule has 0 atom stereocenters. The van der Waals surface area contributed by atoms with Gasteiger partial charge in [0, 0.05) is 30.8 Å².